The van der Waals surface area contributed by atoms with Gasteiger partial charge < -0.3 is 10.2 Å². The molecule has 33 heavy (non-hydrogen) atoms. The van der Waals surface area contributed by atoms with Crippen molar-refractivity contribution < 1.29 is 14.4 Å². The Morgan fingerprint density at radius 1 is 1.30 bits per heavy atom. The number of carbonyl (C=O) groups is 3. The minimum Gasteiger partial charge on any atom is -0.337 e. The number of pyridine rings is 1. The first-order valence-electron chi connectivity index (χ1n) is 11.3. The highest BCUT2D eigenvalue weighted by molar-refractivity contribution is 8.00. The lowest BCUT2D eigenvalue weighted by Gasteiger charge is -2.40. The Labute approximate surface area is 202 Å². The fourth-order valence-electron chi connectivity index (χ4n) is 4.85. The van der Waals surface area contributed by atoms with E-state index in [1.54, 1.807) is 11.6 Å². The number of amides is 4. The molecule has 0 aromatic carbocycles. The summed E-state index contributed by atoms with van der Waals surface area (Å²) >= 11 is 3.00. The molecule has 176 valence electrons. The number of urea groups is 1. The number of nitrogens with zero attached hydrogens (tertiary/aromatic N) is 4. The molecular formula is C23H29N5O3S2. The van der Waals surface area contributed by atoms with Crippen LogP contribution in [0.25, 0.3) is 0 Å². The molecule has 8 nitrogen and oxygen atoms in total. The van der Waals surface area contributed by atoms with Crippen molar-refractivity contribution in [1.82, 2.24) is 25.1 Å². The van der Waals surface area contributed by atoms with Gasteiger partial charge in [0.1, 0.15) is 15.6 Å². The number of imide groups is 1. The summed E-state index contributed by atoms with van der Waals surface area (Å²) in [6.45, 7) is 3.45. The van der Waals surface area contributed by atoms with Crippen LogP contribution in [0.3, 0.4) is 0 Å². The normalized spacial score (nSPS) is 21.5. The Hall–Kier alpha value is -2.46. The SMILES string of the molecule is CCC[C@@]1(C2CCN(C(=O)c3csc(SC)n3)CC2)NC(=O)N(CCc2ccccn2)C1=O. The Kier molecular flexibility index (Phi) is 7.33. The third-order valence-electron chi connectivity index (χ3n) is 6.52. The zero-order valence-corrected chi connectivity index (χ0v) is 20.6. The molecule has 4 rings (SSSR count). The second-order valence-electron chi connectivity index (χ2n) is 8.45. The van der Waals surface area contributed by atoms with E-state index in [9.17, 15) is 14.4 Å². The second kappa shape index (κ2) is 10.2. The maximum absolute atomic E-state index is 13.6. The number of aromatic nitrogens is 2. The fraction of sp³-hybridized carbons (Fsp3) is 0.522. The molecule has 2 fully saturated rings. The summed E-state index contributed by atoms with van der Waals surface area (Å²) in [6, 6.07) is 5.32. The predicted molar refractivity (Wildman–Crippen MR) is 128 cm³/mol. The van der Waals surface area contributed by atoms with Gasteiger partial charge in [0.15, 0.2) is 0 Å². The summed E-state index contributed by atoms with van der Waals surface area (Å²) in [5, 5.41) is 4.87. The van der Waals surface area contributed by atoms with Crippen molar-refractivity contribution in [2.75, 3.05) is 25.9 Å². The van der Waals surface area contributed by atoms with Crippen LogP contribution in [0, 0.1) is 5.92 Å². The van der Waals surface area contributed by atoms with Gasteiger partial charge in [0.05, 0.1) is 0 Å². The second-order valence-corrected chi connectivity index (χ2v) is 10.4. The number of likely N-dealkylation sites (tertiary alicyclic amines) is 1. The van der Waals surface area contributed by atoms with Crippen LogP contribution in [-0.4, -0.2) is 69.0 Å². The van der Waals surface area contributed by atoms with Crippen molar-refractivity contribution >= 4 is 40.9 Å². The number of piperidine rings is 1. The van der Waals surface area contributed by atoms with Crippen molar-refractivity contribution in [3.05, 3.63) is 41.2 Å². The van der Waals surface area contributed by atoms with E-state index >= 15 is 0 Å². The molecule has 0 unspecified atom stereocenters. The standard InChI is InChI=1S/C23H29N5O3S2/c1-3-10-23(20(30)28(21(31)26-23)14-9-17-6-4-5-11-24-17)16-7-12-27(13-8-16)19(29)18-15-33-22(25-18)32-2/h4-6,11,15-16H,3,7-10,12-14H2,1-2H3,(H,26,31)/t23-/m0/s1. The Morgan fingerprint density at radius 2 is 2.09 bits per heavy atom. The molecule has 0 aliphatic carbocycles. The van der Waals surface area contributed by atoms with E-state index in [0.717, 1.165) is 16.5 Å². The summed E-state index contributed by atoms with van der Waals surface area (Å²) in [5.74, 6) is -0.206. The first kappa shape index (κ1) is 23.7. The average molecular weight is 488 g/mol. The number of rotatable bonds is 8. The lowest BCUT2D eigenvalue weighted by atomic mass is 9.74. The lowest BCUT2D eigenvalue weighted by Crippen LogP contribution is -2.56. The molecule has 0 radical (unpaired) electrons. The molecular weight excluding hydrogens is 458 g/mol. The van der Waals surface area contributed by atoms with Gasteiger partial charge >= 0.3 is 6.03 Å². The van der Waals surface area contributed by atoms with Gasteiger partial charge in [-0.3, -0.25) is 19.5 Å². The summed E-state index contributed by atoms with van der Waals surface area (Å²) in [7, 11) is 0. The average Bonchev–Trinajstić information content (AvgIpc) is 3.42. The molecule has 2 aromatic rings. The monoisotopic (exact) mass is 487 g/mol. The summed E-state index contributed by atoms with van der Waals surface area (Å²) in [5.41, 5.74) is 0.444. The van der Waals surface area contributed by atoms with Crippen molar-refractivity contribution in [3.8, 4) is 0 Å². The minimum atomic E-state index is -0.891. The van der Waals surface area contributed by atoms with Gasteiger partial charge in [-0.1, -0.05) is 31.2 Å². The third-order valence-corrected chi connectivity index (χ3v) is 8.38. The van der Waals surface area contributed by atoms with Gasteiger partial charge in [-0.05, 0) is 43.6 Å². The zero-order chi connectivity index (χ0) is 23.4. The van der Waals surface area contributed by atoms with E-state index in [1.165, 1.54) is 28.0 Å². The smallest absolute Gasteiger partial charge is 0.325 e. The molecule has 2 aliphatic rings. The Balaban J connectivity index is 1.43. The summed E-state index contributed by atoms with van der Waals surface area (Å²) < 4.78 is 0.875. The number of hydrogen-bond donors (Lipinski definition) is 1. The predicted octanol–water partition coefficient (Wildman–Crippen LogP) is 3.45. The van der Waals surface area contributed by atoms with Crippen LogP contribution < -0.4 is 5.32 Å². The molecule has 4 heterocycles. The molecule has 1 N–H and O–H groups in total. The maximum Gasteiger partial charge on any atom is 0.325 e. The van der Waals surface area contributed by atoms with E-state index in [2.05, 4.69) is 15.3 Å². The molecule has 4 amide bonds. The van der Waals surface area contributed by atoms with Gasteiger partial charge in [0, 0.05) is 43.3 Å². The van der Waals surface area contributed by atoms with Gasteiger partial charge in [-0.15, -0.1) is 11.3 Å². The Bertz CT molecular complexity index is 1010. The van der Waals surface area contributed by atoms with Gasteiger partial charge in [-0.2, -0.15) is 0 Å². The van der Waals surface area contributed by atoms with Crippen LogP contribution in [0.2, 0.25) is 0 Å². The highest BCUT2D eigenvalue weighted by Crippen LogP contribution is 2.37. The maximum atomic E-state index is 13.6. The Morgan fingerprint density at radius 3 is 2.73 bits per heavy atom. The van der Waals surface area contributed by atoms with Crippen molar-refractivity contribution in [3.63, 3.8) is 0 Å². The molecule has 0 saturated carbocycles. The van der Waals surface area contributed by atoms with Crippen LogP contribution in [0.15, 0.2) is 34.1 Å². The number of thiazole rings is 1. The van der Waals surface area contributed by atoms with E-state index in [-0.39, 0.29) is 23.8 Å². The van der Waals surface area contributed by atoms with E-state index in [1.807, 2.05) is 36.3 Å². The highest BCUT2D eigenvalue weighted by atomic mass is 32.2. The first-order valence-corrected chi connectivity index (χ1v) is 13.4. The molecule has 2 aromatic heterocycles. The van der Waals surface area contributed by atoms with Crippen LogP contribution >= 0.6 is 23.1 Å². The molecule has 0 bridgehead atoms. The summed E-state index contributed by atoms with van der Waals surface area (Å²) in [6.07, 6.45) is 6.91. The highest BCUT2D eigenvalue weighted by Gasteiger charge is 2.55. The van der Waals surface area contributed by atoms with Crippen molar-refractivity contribution in [2.45, 2.75) is 48.9 Å². The van der Waals surface area contributed by atoms with E-state index in [4.69, 9.17) is 0 Å². The number of hydrogen-bond acceptors (Lipinski definition) is 7. The van der Waals surface area contributed by atoms with Crippen LogP contribution in [0.1, 0.15) is 48.8 Å². The number of thioether (sulfide) groups is 1. The largest absolute Gasteiger partial charge is 0.337 e. The van der Waals surface area contributed by atoms with E-state index in [0.29, 0.717) is 51.0 Å². The number of nitrogens with one attached hydrogen (secondary N) is 1. The van der Waals surface area contributed by atoms with Crippen LogP contribution in [0.5, 0.6) is 0 Å². The minimum absolute atomic E-state index is 0.00464. The van der Waals surface area contributed by atoms with Gasteiger partial charge in [0.2, 0.25) is 0 Å². The van der Waals surface area contributed by atoms with Crippen molar-refractivity contribution in [2.24, 2.45) is 5.92 Å². The molecule has 2 saturated heterocycles. The van der Waals surface area contributed by atoms with Crippen LogP contribution in [-0.2, 0) is 11.2 Å². The first-order chi connectivity index (χ1) is 16.0. The zero-order valence-electron chi connectivity index (χ0n) is 19.0. The molecule has 2 aliphatic heterocycles. The van der Waals surface area contributed by atoms with E-state index < -0.39 is 5.54 Å². The quantitative estimate of drug-likeness (QED) is 0.453. The van der Waals surface area contributed by atoms with Gasteiger partial charge in [-0.25, -0.2) is 9.78 Å². The van der Waals surface area contributed by atoms with Gasteiger partial charge in [0.25, 0.3) is 11.8 Å². The molecule has 10 heteroatoms. The number of carbonyl (C=O) groups excluding carboxylic acids is 3. The summed E-state index contributed by atoms with van der Waals surface area (Å²) in [4.78, 5) is 51.1. The van der Waals surface area contributed by atoms with Crippen molar-refractivity contribution in [1.29, 1.82) is 0 Å². The van der Waals surface area contributed by atoms with Crippen LogP contribution in [0.4, 0.5) is 4.79 Å². The third kappa shape index (κ3) is 4.77. The molecule has 0 spiro atoms. The molecule has 1 atom stereocenters. The lowest BCUT2D eigenvalue weighted by molar-refractivity contribution is -0.134. The fourth-order valence-corrected chi connectivity index (χ4v) is 6.09. The topological polar surface area (TPSA) is 95.5 Å².